The molecule has 1 aromatic heterocycles. The van der Waals surface area contributed by atoms with Crippen molar-refractivity contribution in [3.63, 3.8) is 0 Å². The van der Waals surface area contributed by atoms with Crippen molar-refractivity contribution in [2.45, 2.75) is 58.1 Å². The molecule has 9 heteroatoms. The fourth-order valence-electron chi connectivity index (χ4n) is 3.70. The smallest absolute Gasteiger partial charge is 0.356 e. The highest BCUT2D eigenvalue weighted by atomic mass is 19.4. The predicted octanol–water partition coefficient (Wildman–Crippen LogP) is 5.63. The normalized spacial score (nSPS) is 19.6. The van der Waals surface area contributed by atoms with Gasteiger partial charge < -0.3 is 10.2 Å². The van der Waals surface area contributed by atoms with Crippen LogP contribution in [0.25, 0.3) is 0 Å². The van der Waals surface area contributed by atoms with E-state index in [0.29, 0.717) is 12.1 Å². The third kappa shape index (κ3) is 5.17. The molecule has 0 radical (unpaired) electrons. The number of amides is 1. The van der Waals surface area contributed by atoms with Crippen molar-refractivity contribution >= 4 is 11.7 Å². The molecule has 166 valence electrons. The summed E-state index contributed by atoms with van der Waals surface area (Å²) in [6.07, 6.45) is -0.156. The van der Waals surface area contributed by atoms with Crippen LogP contribution in [0.4, 0.5) is 27.8 Å². The molecule has 1 fully saturated rings. The molecule has 1 amide bonds. The lowest BCUT2D eigenvalue weighted by molar-refractivity contribution is -0.138. The quantitative estimate of drug-likeness (QED) is 0.631. The molecule has 1 aliphatic carbocycles. The van der Waals surface area contributed by atoms with Crippen molar-refractivity contribution in [2.24, 2.45) is 0 Å². The van der Waals surface area contributed by atoms with Crippen LogP contribution in [0, 0.1) is 6.92 Å². The second kappa shape index (κ2) is 8.35. The molecule has 0 bridgehead atoms. The maximum absolute atomic E-state index is 13.8. The topological polar surface area (TPSA) is 45.2 Å². The van der Waals surface area contributed by atoms with Gasteiger partial charge in [0.05, 0.1) is 16.8 Å². The van der Waals surface area contributed by atoms with Crippen LogP contribution >= 0.6 is 0 Å². The minimum Gasteiger partial charge on any atom is -0.356 e. The van der Waals surface area contributed by atoms with Gasteiger partial charge >= 0.3 is 6.18 Å². The van der Waals surface area contributed by atoms with Crippen molar-refractivity contribution in [2.75, 3.05) is 18.0 Å². The minimum absolute atomic E-state index is 0. The Hall–Kier alpha value is -2.45. The number of allylic oxidation sites excluding steroid dienone is 3. The fourth-order valence-corrected chi connectivity index (χ4v) is 3.70. The molecule has 3 rings (SSSR count). The van der Waals surface area contributed by atoms with E-state index in [1.54, 1.807) is 12.2 Å². The highest BCUT2D eigenvalue weighted by Crippen LogP contribution is 2.36. The van der Waals surface area contributed by atoms with Gasteiger partial charge in [-0.2, -0.15) is 13.2 Å². The number of nitrogens with one attached hydrogen (secondary N) is 1. The van der Waals surface area contributed by atoms with Crippen molar-refractivity contribution in [1.29, 1.82) is 0 Å². The maximum atomic E-state index is 13.8. The molecule has 0 saturated carbocycles. The first-order valence-electron chi connectivity index (χ1n) is 9.86. The van der Waals surface area contributed by atoms with Gasteiger partial charge in [-0.05, 0) is 45.3 Å². The van der Waals surface area contributed by atoms with Crippen LogP contribution in [0.1, 0.15) is 62.1 Å². The number of aromatic nitrogens is 1. The molecule has 2 heterocycles. The highest BCUT2D eigenvalue weighted by Gasteiger charge is 2.37. The Labute approximate surface area is 173 Å². The largest absolute Gasteiger partial charge is 0.418 e. The van der Waals surface area contributed by atoms with E-state index in [1.165, 1.54) is 11.8 Å². The van der Waals surface area contributed by atoms with Crippen molar-refractivity contribution in [3.8, 4) is 0 Å². The van der Waals surface area contributed by atoms with Crippen LogP contribution in [0.5, 0.6) is 0 Å². The van der Waals surface area contributed by atoms with E-state index < -0.39 is 30.0 Å². The first kappa shape index (κ1) is 22.2. The summed E-state index contributed by atoms with van der Waals surface area (Å²) in [4.78, 5) is 18.5. The molecule has 0 unspecified atom stereocenters. The molecule has 1 aliphatic heterocycles. The molecule has 1 N–H and O–H groups in total. The van der Waals surface area contributed by atoms with E-state index in [0.717, 1.165) is 18.1 Å². The Morgan fingerprint density at radius 3 is 2.63 bits per heavy atom. The summed E-state index contributed by atoms with van der Waals surface area (Å²) in [6, 6.07) is 0.774. The summed E-state index contributed by atoms with van der Waals surface area (Å²) in [7, 11) is 0. The second-order valence-electron chi connectivity index (χ2n) is 7.83. The van der Waals surface area contributed by atoms with Gasteiger partial charge in [-0.15, -0.1) is 0 Å². The average Bonchev–Trinajstić information content (AvgIpc) is 2.81. The predicted molar refractivity (Wildman–Crippen MR) is 106 cm³/mol. The van der Waals surface area contributed by atoms with Crippen LogP contribution < -0.4 is 10.2 Å². The number of carbonyl (C=O) groups excluding carboxylic acids is 1. The van der Waals surface area contributed by atoms with Gasteiger partial charge in [0.25, 0.3) is 5.91 Å². The standard InChI is InChI=1S/C21H24F5N3O.H2/c1-13-5-3-6-15(11-13)28-19(30)16-12-17(21(24,25)26)14(2)27-18(16)29-9-4-7-20(22,23)8-10-29;/h6,11-12H,3-5,7-10H2,1-2H3,(H,28,30);1H. The first-order chi connectivity index (χ1) is 14.0. The van der Waals surface area contributed by atoms with Crippen molar-refractivity contribution in [1.82, 2.24) is 10.3 Å². The van der Waals surface area contributed by atoms with Crippen LogP contribution in [-0.2, 0) is 6.18 Å². The van der Waals surface area contributed by atoms with Crippen LogP contribution in [-0.4, -0.2) is 29.9 Å². The van der Waals surface area contributed by atoms with Gasteiger partial charge in [0.2, 0.25) is 5.92 Å². The Balaban J connectivity index is 0.00000341. The van der Waals surface area contributed by atoms with Crippen LogP contribution in [0.2, 0.25) is 0 Å². The van der Waals surface area contributed by atoms with E-state index in [9.17, 15) is 26.7 Å². The number of carbonyl (C=O) groups is 1. The number of alkyl halides is 5. The Morgan fingerprint density at radius 1 is 1.23 bits per heavy atom. The average molecular weight is 431 g/mol. The number of hydrogen-bond donors (Lipinski definition) is 1. The number of halogens is 5. The lowest BCUT2D eigenvalue weighted by atomic mass is 10.0. The van der Waals surface area contributed by atoms with E-state index in [-0.39, 0.29) is 44.4 Å². The number of nitrogens with zero attached hydrogens (tertiary/aromatic N) is 2. The van der Waals surface area contributed by atoms with E-state index in [4.69, 9.17) is 0 Å². The SMILES string of the molecule is CC1=CC(NC(=O)c2cc(C(F)(F)F)c(C)nc2N2CCCC(F)(F)CC2)=CCC1.[HH]. The zero-order chi connectivity index (χ0) is 22.1. The zero-order valence-corrected chi connectivity index (χ0v) is 16.9. The van der Waals surface area contributed by atoms with Crippen molar-refractivity contribution in [3.05, 3.63) is 46.3 Å². The lowest BCUT2D eigenvalue weighted by Crippen LogP contribution is -2.32. The van der Waals surface area contributed by atoms with E-state index in [1.807, 2.05) is 6.92 Å². The molecule has 0 spiro atoms. The summed E-state index contributed by atoms with van der Waals surface area (Å²) in [5, 5.41) is 2.64. The Morgan fingerprint density at radius 2 is 1.97 bits per heavy atom. The van der Waals surface area contributed by atoms with E-state index >= 15 is 0 Å². The van der Waals surface area contributed by atoms with Gasteiger partial charge in [0.1, 0.15) is 5.82 Å². The number of pyridine rings is 1. The molecule has 0 atom stereocenters. The Kier molecular flexibility index (Phi) is 6.19. The molecule has 2 aliphatic rings. The van der Waals surface area contributed by atoms with Crippen LogP contribution in [0.15, 0.2) is 29.5 Å². The van der Waals surface area contributed by atoms with E-state index in [2.05, 4.69) is 10.3 Å². The molecule has 1 saturated heterocycles. The number of rotatable bonds is 3. The van der Waals surface area contributed by atoms with Gasteiger partial charge in [0, 0.05) is 33.1 Å². The highest BCUT2D eigenvalue weighted by molar-refractivity contribution is 6.00. The molecule has 30 heavy (non-hydrogen) atoms. The fraction of sp³-hybridized carbons (Fsp3) is 0.524. The van der Waals surface area contributed by atoms with Crippen LogP contribution in [0.3, 0.4) is 0 Å². The molecule has 4 nitrogen and oxygen atoms in total. The Bertz CT molecular complexity index is 896. The third-order valence-corrected chi connectivity index (χ3v) is 5.32. The zero-order valence-electron chi connectivity index (χ0n) is 16.9. The van der Waals surface area contributed by atoms with Gasteiger partial charge in [-0.3, -0.25) is 4.79 Å². The molecular weight excluding hydrogens is 405 g/mol. The van der Waals surface area contributed by atoms with Gasteiger partial charge in [-0.1, -0.05) is 11.6 Å². The number of anilines is 1. The summed E-state index contributed by atoms with van der Waals surface area (Å²) in [6.45, 7) is 3.20. The molecular formula is C21H26F5N3O. The summed E-state index contributed by atoms with van der Waals surface area (Å²) in [5.74, 6) is -3.57. The summed E-state index contributed by atoms with van der Waals surface area (Å²) >= 11 is 0. The third-order valence-electron chi connectivity index (χ3n) is 5.32. The number of aryl methyl sites for hydroxylation is 1. The second-order valence-corrected chi connectivity index (χ2v) is 7.83. The summed E-state index contributed by atoms with van der Waals surface area (Å²) < 4.78 is 67.8. The minimum atomic E-state index is -4.68. The molecule has 0 aromatic carbocycles. The van der Waals surface area contributed by atoms with Gasteiger partial charge in [0.15, 0.2) is 0 Å². The monoisotopic (exact) mass is 431 g/mol. The maximum Gasteiger partial charge on any atom is 0.418 e. The first-order valence-corrected chi connectivity index (χ1v) is 9.86. The van der Waals surface area contributed by atoms with Gasteiger partial charge in [-0.25, -0.2) is 13.8 Å². The lowest BCUT2D eigenvalue weighted by Gasteiger charge is -2.26. The summed E-state index contributed by atoms with van der Waals surface area (Å²) in [5.41, 5.74) is -0.0266. The molecule has 1 aromatic rings. The van der Waals surface area contributed by atoms with Crippen molar-refractivity contribution < 1.29 is 28.2 Å². The number of hydrogen-bond acceptors (Lipinski definition) is 3.